The van der Waals surface area contributed by atoms with Crippen LogP contribution >= 0.6 is 0 Å². The third kappa shape index (κ3) is 4.61. The van der Waals surface area contributed by atoms with Crippen LogP contribution in [0, 0.1) is 6.92 Å². The third-order valence-corrected chi connectivity index (χ3v) is 5.48. The average molecular weight is 373 g/mol. The third-order valence-electron chi connectivity index (χ3n) is 5.48. The fourth-order valence-corrected chi connectivity index (χ4v) is 4.04. The van der Waals surface area contributed by atoms with Crippen molar-refractivity contribution in [2.75, 3.05) is 6.54 Å². The highest BCUT2D eigenvalue weighted by Crippen LogP contribution is 2.32. The van der Waals surface area contributed by atoms with Crippen molar-refractivity contribution in [2.45, 2.75) is 77.9 Å². The maximum absolute atomic E-state index is 11.6. The quantitative estimate of drug-likeness (QED) is 0.840. The molecule has 1 aliphatic heterocycles. The van der Waals surface area contributed by atoms with Gasteiger partial charge >= 0.3 is 0 Å². The molecule has 2 aromatic rings. The predicted molar refractivity (Wildman–Crippen MR) is 106 cm³/mol. The van der Waals surface area contributed by atoms with Crippen molar-refractivity contribution >= 4 is 5.91 Å². The fraction of sp³-hybridized carbons (Fsp3) is 0.619. The highest BCUT2D eigenvalue weighted by atomic mass is 16.4. The average Bonchev–Trinajstić information content (AvgIpc) is 3.20. The summed E-state index contributed by atoms with van der Waals surface area (Å²) >= 11 is 0. The lowest BCUT2D eigenvalue weighted by Gasteiger charge is -2.36. The van der Waals surface area contributed by atoms with Crippen molar-refractivity contribution in [1.82, 2.24) is 14.5 Å². The standard InChI is InChI=1S/C21H32N4O2/c1-15-23-9-12-24(15)11-8-17-7-5-6-10-25(17)14-16-13-18(20(22)26)27-19(16)21(2,3)4/h9,12-13,17H,5-8,10-11,14H2,1-4H3,(H2,22,26)/t17-/m0/s1. The van der Waals surface area contributed by atoms with Crippen LogP contribution in [0.15, 0.2) is 22.9 Å². The Morgan fingerprint density at radius 2 is 2.15 bits per heavy atom. The number of carbonyl (C=O) groups excluding carboxylic acids is 1. The Kier molecular flexibility index (Phi) is 5.75. The van der Waals surface area contributed by atoms with Crippen molar-refractivity contribution in [3.05, 3.63) is 41.4 Å². The predicted octanol–water partition coefficient (Wildman–Crippen LogP) is 3.63. The van der Waals surface area contributed by atoms with Gasteiger partial charge in [-0.3, -0.25) is 9.69 Å². The molecule has 0 bridgehead atoms. The lowest BCUT2D eigenvalue weighted by atomic mass is 9.89. The molecular formula is C21H32N4O2. The molecule has 0 radical (unpaired) electrons. The number of nitrogens with two attached hydrogens (primary N) is 1. The smallest absolute Gasteiger partial charge is 0.284 e. The van der Waals surface area contributed by atoms with Gasteiger partial charge in [-0.05, 0) is 38.8 Å². The normalized spacial score (nSPS) is 18.7. The minimum absolute atomic E-state index is 0.164. The molecule has 2 N–H and O–H groups in total. The maximum atomic E-state index is 11.6. The molecule has 6 nitrogen and oxygen atoms in total. The molecule has 0 aromatic carbocycles. The van der Waals surface area contributed by atoms with Crippen LogP contribution in [0.25, 0.3) is 0 Å². The second-order valence-corrected chi connectivity index (χ2v) is 8.66. The van der Waals surface area contributed by atoms with Crippen LogP contribution in [0.3, 0.4) is 0 Å². The number of piperidine rings is 1. The molecule has 3 heterocycles. The van der Waals surface area contributed by atoms with Crippen LogP contribution in [-0.2, 0) is 18.5 Å². The van der Waals surface area contributed by atoms with Gasteiger partial charge in [-0.25, -0.2) is 4.98 Å². The van der Waals surface area contributed by atoms with Crippen LogP contribution in [0.5, 0.6) is 0 Å². The van der Waals surface area contributed by atoms with E-state index in [0.29, 0.717) is 6.04 Å². The summed E-state index contributed by atoms with van der Waals surface area (Å²) in [6, 6.07) is 2.37. The van der Waals surface area contributed by atoms with E-state index < -0.39 is 5.91 Å². The first-order valence-corrected chi connectivity index (χ1v) is 9.90. The first kappa shape index (κ1) is 19.7. The maximum Gasteiger partial charge on any atom is 0.284 e. The number of primary amides is 1. The molecule has 3 rings (SSSR count). The van der Waals surface area contributed by atoms with E-state index in [4.69, 9.17) is 10.2 Å². The molecule has 1 aliphatic rings. The zero-order valence-electron chi connectivity index (χ0n) is 17.0. The summed E-state index contributed by atoms with van der Waals surface area (Å²) in [5, 5.41) is 0. The van der Waals surface area contributed by atoms with E-state index in [1.54, 1.807) is 0 Å². The van der Waals surface area contributed by atoms with E-state index >= 15 is 0 Å². The van der Waals surface area contributed by atoms with Crippen molar-refractivity contribution in [3.63, 3.8) is 0 Å². The van der Waals surface area contributed by atoms with Crippen LogP contribution in [0.2, 0.25) is 0 Å². The SMILES string of the molecule is Cc1nccn1CC[C@@H]1CCCCN1Cc1cc(C(N)=O)oc1C(C)(C)C. The Balaban J connectivity index is 1.76. The highest BCUT2D eigenvalue weighted by Gasteiger charge is 2.29. The number of imidazole rings is 1. The van der Waals surface area contributed by atoms with Crippen molar-refractivity contribution in [3.8, 4) is 0 Å². The molecule has 27 heavy (non-hydrogen) atoms. The number of nitrogens with zero attached hydrogens (tertiary/aromatic N) is 3. The van der Waals surface area contributed by atoms with Gasteiger partial charge in [-0.15, -0.1) is 0 Å². The number of aromatic nitrogens is 2. The molecular weight excluding hydrogens is 340 g/mol. The van der Waals surface area contributed by atoms with E-state index in [-0.39, 0.29) is 11.2 Å². The number of hydrogen-bond acceptors (Lipinski definition) is 4. The first-order chi connectivity index (χ1) is 12.8. The highest BCUT2D eigenvalue weighted by molar-refractivity contribution is 5.90. The topological polar surface area (TPSA) is 77.3 Å². The summed E-state index contributed by atoms with van der Waals surface area (Å²) in [5.74, 6) is 1.69. The van der Waals surface area contributed by atoms with Crippen LogP contribution in [0.1, 0.15) is 74.2 Å². The summed E-state index contributed by atoms with van der Waals surface area (Å²) in [6.07, 6.45) is 8.71. The summed E-state index contributed by atoms with van der Waals surface area (Å²) in [5.41, 5.74) is 6.38. The van der Waals surface area contributed by atoms with Gasteiger partial charge in [0.25, 0.3) is 5.91 Å². The largest absolute Gasteiger partial charge is 0.455 e. The van der Waals surface area contributed by atoms with Crippen molar-refractivity contribution < 1.29 is 9.21 Å². The van der Waals surface area contributed by atoms with Gasteiger partial charge in [0.2, 0.25) is 0 Å². The molecule has 1 amide bonds. The lowest BCUT2D eigenvalue weighted by Crippen LogP contribution is -2.39. The summed E-state index contributed by atoms with van der Waals surface area (Å²) in [4.78, 5) is 18.5. The first-order valence-electron chi connectivity index (χ1n) is 9.90. The van der Waals surface area contributed by atoms with Crippen LogP contribution < -0.4 is 5.73 Å². The van der Waals surface area contributed by atoms with Crippen molar-refractivity contribution in [1.29, 1.82) is 0 Å². The second kappa shape index (κ2) is 7.89. The van der Waals surface area contributed by atoms with E-state index in [2.05, 4.69) is 41.4 Å². The zero-order chi connectivity index (χ0) is 19.6. The van der Waals surface area contributed by atoms with Gasteiger partial charge in [0, 0.05) is 42.5 Å². The summed E-state index contributed by atoms with van der Waals surface area (Å²) in [7, 11) is 0. The second-order valence-electron chi connectivity index (χ2n) is 8.66. The minimum Gasteiger partial charge on any atom is -0.455 e. The Morgan fingerprint density at radius 1 is 1.37 bits per heavy atom. The van der Waals surface area contributed by atoms with E-state index in [9.17, 15) is 4.79 Å². The number of amides is 1. The molecule has 1 fully saturated rings. The molecule has 148 valence electrons. The van der Waals surface area contributed by atoms with Gasteiger partial charge in [0.15, 0.2) is 5.76 Å². The number of aryl methyl sites for hydroxylation is 2. The Bertz CT molecular complexity index is 784. The van der Waals surface area contributed by atoms with Crippen molar-refractivity contribution in [2.24, 2.45) is 5.73 Å². The fourth-order valence-electron chi connectivity index (χ4n) is 4.04. The Morgan fingerprint density at radius 3 is 2.78 bits per heavy atom. The van der Waals surface area contributed by atoms with Gasteiger partial charge < -0.3 is 14.7 Å². The van der Waals surface area contributed by atoms with Crippen LogP contribution in [-0.4, -0.2) is 32.9 Å². The monoisotopic (exact) mass is 372 g/mol. The van der Waals surface area contributed by atoms with Gasteiger partial charge in [0.05, 0.1) is 0 Å². The molecule has 6 heteroatoms. The Labute approximate surface area is 161 Å². The molecule has 0 saturated carbocycles. The molecule has 1 saturated heterocycles. The van der Waals surface area contributed by atoms with Gasteiger partial charge in [-0.1, -0.05) is 27.2 Å². The minimum atomic E-state index is -0.502. The van der Waals surface area contributed by atoms with Gasteiger partial charge in [-0.2, -0.15) is 0 Å². The summed E-state index contributed by atoms with van der Waals surface area (Å²) < 4.78 is 8.06. The molecule has 2 aromatic heterocycles. The number of hydrogen-bond donors (Lipinski definition) is 1. The van der Waals surface area contributed by atoms with E-state index in [0.717, 1.165) is 43.2 Å². The number of carbonyl (C=O) groups is 1. The van der Waals surface area contributed by atoms with E-state index in [1.165, 1.54) is 19.3 Å². The molecule has 1 atom stereocenters. The number of furan rings is 1. The van der Waals surface area contributed by atoms with Crippen LogP contribution in [0.4, 0.5) is 0 Å². The zero-order valence-corrected chi connectivity index (χ0v) is 17.0. The molecule has 0 aliphatic carbocycles. The molecule has 0 spiro atoms. The number of rotatable bonds is 6. The Hall–Kier alpha value is -2.08. The van der Waals surface area contributed by atoms with Gasteiger partial charge in [0.1, 0.15) is 11.6 Å². The summed E-state index contributed by atoms with van der Waals surface area (Å²) in [6.45, 7) is 11.2. The number of likely N-dealkylation sites (tertiary alicyclic amines) is 1. The molecule has 0 unspecified atom stereocenters. The van der Waals surface area contributed by atoms with E-state index in [1.807, 2.05) is 19.2 Å². The lowest BCUT2D eigenvalue weighted by molar-refractivity contribution is 0.0970.